The van der Waals surface area contributed by atoms with Crippen LogP contribution in [0, 0.1) is 0 Å². The van der Waals surface area contributed by atoms with Gasteiger partial charge in [0.15, 0.2) is 0 Å². The topological polar surface area (TPSA) is 55.1 Å². The van der Waals surface area contributed by atoms with Crippen LogP contribution in [-0.4, -0.2) is 6.03 Å². The van der Waals surface area contributed by atoms with E-state index in [0.29, 0.717) is 0 Å². The van der Waals surface area contributed by atoms with E-state index in [4.69, 9.17) is 5.73 Å². The standard InChI is InChI=1S/C6H8N2O/c7-6(9)8-5-3-1-2-4-5/h1-3H,4H2,(H3,7,8,9). The van der Waals surface area contributed by atoms with E-state index in [1.807, 2.05) is 18.2 Å². The summed E-state index contributed by atoms with van der Waals surface area (Å²) in [5, 5.41) is 2.48. The molecule has 1 rings (SSSR count). The predicted molar refractivity (Wildman–Crippen MR) is 34.6 cm³/mol. The van der Waals surface area contributed by atoms with Crippen molar-refractivity contribution in [1.29, 1.82) is 0 Å². The number of carbonyl (C=O) groups excluding carboxylic acids is 1. The van der Waals surface area contributed by atoms with Crippen molar-refractivity contribution in [3.63, 3.8) is 0 Å². The van der Waals surface area contributed by atoms with E-state index in [9.17, 15) is 4.79 Å². The number of carbonyl (C=O) groups is 1. The van der Waals surface area contributed by atoms with E-state index in [-0.39, 0.29) is 0 Å². The summed E-state index contributed by atoms with van der Waals surface area (Å²) >= 11 is 0. The van der Waals surface area contributed by atoms with Gasteiger partial charge in [0.1, 0.15) is 0 Å². The van der Waals surface area contributed by atoms with Crippen LogP contribution in [0.5, 0.6) is 0 Å². The summed E-state index contributed by atoms with van der Waals surface area (Å²) in [6, 6.07) is -0.495. The van der Waals surface area contributed by atoms with Crippen molar-refractivity contribution in [2.24, 2.45) is 5.73 Å². The molecule has 0 atom stereocenters. The van der Waals surface area contributed by atoms with Crippen molar-refractivity contribution in [3.05, 3.63) is 23.9 Å². The quantitative estimate of drug-likeness (QED) is 0.525. The molecule has 3 heteroatoms. The van der Waals surface area contributed by atoms with Crippen LogP contribution in [0.25, 0.3) is 0 Å². The Balaban J connectivity index is 2.39. The number of urea groups is 1. The van der Waals surface area contributed by atoms with E-state index in [2.05, 4.69) is 5.32 Å². The van der Waals surface area contributed by atoms with Crippen molar-refractivity contribution >= 4 is 6.03 Å². The molecule has 0 aromatic carbocycles. The molecule has 2 amide bonds. The van der Waals surface area contributed by atoms with Gasteiger partial charge in [0.05, 0.1) is 0 Å². The molecular formula is C6H8N2O. The highest BCUT2D eigenvalue weighted by atomic mass is 16.2. The number of allylic oxidation sites excluding steroid dienone is 3. The Morgan fingerprint density at radius 1 is 1.78 bits per heavy atom. The maximum Gasteiger partial charge on any atom is 0.316 e. The van der Waals surface area contributed by atoms with Crippen molar-refractivity contribution in [2.75, 3.05) is 0 Å². The molecule has 48 valence electrons. The van der Waals surface area contributed by atoms with Gasteiger partial charge < -0.3 is 11.1 Å². The molecule has 3 nitrogen and oxygen atoms in total. The van der Waals surface area contributed by atoms with Gasteiger partial charge in [0.2, 0.25) is 0 Å². The Morgan fingerprint density at radius 3 is 3.00 bits per heavy atom. The van der Waals surface area contributed by atoms with E-state index >= 15 is 0 Å². The molecule has 0 spiro atoms. The van der Waals surface area contributed by atoms with Crippen LogP contribution >= 0.6 is 0 Å². The highest BCUT2D eigenvalue weighted by molar-refractivity contribution is 5.74. The first-order chi connectivity index (χ1) is 4.29. The molecule has 9 heavy (non-hydrogen) atoms. The maximum atomic E-state index is 10.2. The summed E-state index contributed by atoms with van der Waals surface area (Å²) in [5.41, 5.74) is 5.72. The third-order valence-corrected chi connectivity index (χ3v) is 1.06. The molecule has 0 saturated carbocycles. The van der Waals surface area contributed by atoms with Crippen LogP contribution in [0.4, 0.5) is 4.79 Å². The fourth-order valence-electron chi connectivity index (χ4n) is 0.698. The Bertz CT molecular complexity index is 181. The summed E-state index contributed by atoms with van der Waals surface area (Å²) in [5.74, 6) is 0. The fourth-order valence-corrected chi connectivity index (χ4v) is 0.698. The third-order valence-electron chi connectivity index (χ3n) is 1.06. The number of nitrogens with two attached hydrogens (primary N) is 1. The molecule has 0 heterocycles. The van der Waals surface area contributed by atoms with E-state index < -0.39 is 6.03 Å². The lowest BCUT2D eigenvalue weighted by Crippen LogP contribution is -2.27. The molecule has 0 aromatic heterocycles. The summed E-state index contributed by atoms with van der Waals surface area (Å²) < 4.78 is 0. The lowest BCUT2D eigenvalue weighted by molar-refractivity contribution is 0.251. The fraction of sp³-hybridized carbons (Fsp3) is 0.167. The van der Waals surface area contributed by atoms with Crippen LogP contribution < -0.4 is 11.1 Å². The molecule has 0 radical (unpaired) electrons. The average Bonchev–Trinajstić information content (AvgIpc) is 2.15. The normalized spacial score (nSPS) is 15.3. The first kappa shape index (κ1) is 5.88. The Kier molecular flexibility index (Phi) is 1.53. The minimum absolute atomic E-state index is 0.495. The first-order valence-corrected chi connectivity index (χ1v) is 2.71. The van der Waals surface area contributed by atoms with Crippen molar-refractivity contribution < 1.29 is 4.79 Å². The Labute approximate surface area is 53.2 Å². The second-order valence-corrected chi connectivity index (χ2v) is 1.81. The number of hydrogen-bond donors (Lipinski definition) is 2. The van der Waals surface area contributed by atoms with Crippen LogP contribution in [-0.2, 0) is 0 Å². The SMILES string of the molecule is NC(=O)NC1=CC=CC1. The van der Waals surface area contributed by atoms with Gasteiger partial charge in [-0.15, -0.1) is 0 Å². The summed E-state index contributed by atoms with van der Waals surface area (Å²) in [4.78, 5) is 10.2. The second kappa shape index (κ2) is 2.35. The van der Waals surface area contributed by atoms with Gasteiger partial charge in [-0.3, -0.25) is 0 Å². The molecule has 0 unspecified atom stereocenters. The summed E-state index contributed by atoms with van der Waals surface area (Å²) in [6.07, 6.45) is 6.43. The second-order valence-electron chi connectivity index (χ2n) is 1.81. The van der Waals surface area contributed by atoms with Gasteiger partial charge in [-0.1, -0.05) is 12.2 Å². The molecule has 0 aliphatic heterocycles. The van der Waals surface area contributed by atoms with Gasteiger partial charge in [0.25, 0.3) is 0 Å². The van der Waals surface area contributed by atoms with Crippen molar-refractivity contribution in [2.45, 2.75) is 6.42 Å². The Morgan fingerprint density at radius 2 is 2.56 bits per heavy atom. The van der Waals surface area contributed by atoms with E-state index in [0.717, 1.165) is 12.1 Å². The first-order valence-electron chi connectivity index (χ1n) is 2.71. The van der Waals surface area contributed by atoms with E-state index in [1.165, 1.54) is 0 Å². The lowest BCUT2D eigenvalue weighted by atomic mass is 10.4. The van der Waals surface area contributed by atoms with Gasteiger partial charge in [-0.25, -0.2) is 4.79 Å². The summed E-state index contributed by atoms with van der Waals surface area (Å²) in [6.45, 7) is 0. The Hall–Kier alpha value is -1.25. The minimum atomic E-state index is -0.495. The molecule has 3 N–H and O–H groups in total. The smallest absolute Gasteiger partial charge is 0.316 e. The van der Waals surface area contributed by atoms with Gasteiger partial charge in [-0.2, -0.15) is 0 Å². The highest BCUT2D eigenvalue weighted by Gasteiger charge is 1.99. The molecule has 1 aliphatic rings. The summed E-state index contributed by atoms with van der Waals surface area (Å²) in [7, 11) is 0. The highest BCUT2D eigenvalue weighted by Crippen LogP contribution is 2.05. The number of hydrogen-bond acceptors (Lipinski definition) is 1. The van der Waals surface area contributed by atoms with Gasteiger partial charge in [-0.05, 0) is 6.08 Å². The van der Waals surface area contributed by atoms with Gasteiger partial charge in [0, 0.05) is 12.1 Å². The van der Waals surface area contributed by atoms with E-state index in [1.54, 1.807) is 0 Å². The van der Waals surface area contributed by atoms with Gasteiger partial charge >= 0.3 is 6.03 Å². The molecule has 0 aromatic rings. The van der Waals surface area contributed by atoms with Crippen LogP contribution in [0.15, 0.2) is 23.9 Å². The van der Waals surface area contributed by atoms with Crippen LogP contribution in [0.3, 0.4) is 0 Å². The maximum absolute atomic E-state index is 10.2. The van der Waals surface area contributed by atoms with Crippen LogP contribution in [0.1, 0.15) is 6.42 Å². The molecule has 0 bridgehead atoms. The zero-order valence-electron chi connectivity index (χ0n) is 4.92. The molecular weight excluding hydrogens is 116 g/mol. The third kappa shape index (κ3) is 1.60. The number of nitrogens with one attached hydrogen (secondary N) is 1. The molecule has 0 saturated heterocycles. The zero-order valence-corrected chi connectivity index (χ0v) is 4.92. The lowest BCUT2D eigenvalue weighted by Gasteiger charge is -1.98. The van der Waals surface area contributed by atoms with Crippen molar-refractivity contribution in [3.8, 4) is 0 Å². The van der Waals surface area contributed by atoms with Crippen LogP contribution in [0.2, 0.25) is 0 Å². The number of primary amides is 1. The monoisotopic (exact) mass is 124 g/mol. The number of rotatable bonds is 1. The molecule has 1 aliphatic carbocycles. The number of amides is 2. The largest absolute Gasteiger partial charge is 0.351 e. The zero-order chi connectivity index (χ0) is 6.69. The van der Waals surface area contributed by atoms with Crippen molar-refractivity contribution in [1.82, 2.24) is 5.32 Å². The average molecular weight is 124 g/mol. The predicted octanol–water partition coefficient (Wildman–Crippen LogP) is 0.499. The minimum Gasteiger partial charge on any atom is -0.351 e. The molecule has 0 fully saturated rings.